The summed E-state index contributed by atoms with van der Waals surface area (Å²) in [7, 11) is 0. The van der Waals surface area contributed by atoms with Crippen molar-refractivity contribution in [1.82, 2.24) is 9.55 Å². The zero-order chi connectivity index (χ0) is 14.0. The molecular formula is C13H11BrClFN2O. The Labute approximate surface area is 123 Å². The molecule has 0 saturated heterocycles. The summed E-state index contributed by atoms with van der Waals surface area (Å²) >= 11 is 9.06. The topological polar surface area (TPSA) is 34.9 Å². The maximum Gasteiger partial charge on any atom is 0.255 e. The van der Waals surface area contributed by atoms with Crippen LogP contribution in [0.5, 0.6) is 0 Å². The summed E-state index contributed by atoms with van der Waals surface area (Å²) < 4.78 is 15.2. The Bertz CT molecular complexity index is 672. The van der Waals surface area contributed by atoms with Gasteiger partial charge < -0.3 is 0 Å². The molecule has 0 fully saturated rings. The molecule has 0 bridgehead atoms. The van der Waals surface area contributed by atoms with Crippen LogP contribution in [0, 0.1) is 5.82 Å². The van der Waals surface area contributed by atoms with Crippen LogP contribution < -0.4 is 5.56 Å². The molecule has 19 heavy (non-hydrogen) atoms. The molecule has 0 N–H and O–H groups in total. The van der Waals surface area contributed by atoms with Crippen molar-refractivity contribution in [2.45, 2.75) is 19.9 Å². The molecule has 1 heterocycles. The second kappa shape index (κ2) is 5.84. The number of hydrogen-bond donors (Lipinski definition) is 0. The minimum atomic E-state index is -0.326. The van der Waals surface area contributed by atoms with Crippen molar-refractivity contribution in [2.75, 3.05) is 0 Å². The van der Waals surface area contributed by atoms with Gasteiger partial charge in [-0.1, -0.05) is 40.5 Å². The van der Waals surface area contributed by atoms with Gasteiger partial charge >= 0.3 is 0 Å². The van der Waals surface area contributed by atoms with E-state index in [1.807, 2.05) is 6.92 Å². The van der Waals surface area contributed by atoms with Gasteiger partial charge in [-0.05, 0) is 17.7 Å². The van der Waals surface area contributed by atoms with Crippen molar-refractivity contribution in [3.8, 4) is 0 Å². The van der Waals surface area contributed by atoms with Crippen molar-refractivity contribution >= 4 is 27.5 Å². The number of nitrogens with zero attached hydrogens (tertiary/aromatic N) is 2. The highest BCUT2D eigenvalue weighted by Gasteiger charge is 2.09. The molecule has 0 aliphatic carbocycles. The lowest BCUT2D eigenvalue weighted by Gasteiger charge is -2.12. The van der Waals surface area contributed by atoms with Crippen LogP contribution in [0.25, 0.3) is 0 Å². The van der Waals surface area contributed by atoms with E-state index in [0.29, 0.717) is 23.3 Å². The van der Waals surface area contributed by atoms with Gasteiger partial charge in [-0.2, -0.15) is 0 Å². The summed E-state index contributed by atoms with van der Waals surface area (Å²) in [4.78, 5) is 16.1. The predicted octanol–water partition coefficient (Wildman–Crippen LogP) is 3.41. The Hall–Kier alpha value is -1.20. The summed E-state index contributed by atoms with van der Waals surface area (Å²) in [6.07, 6.45) is 0.592. The highest BCUT2D eigenvalue weighted by Crippen LogP contribution is 2.19. The van der Waals surface area contributed by atoms with Crippen molar-refractivity contribution in [2.24, 2.45) is 0 Å². The highest BCUT2D eigenvalue weighted by molar-refractivity contribution is 9.10. The van der Waals surface area contributed by atoms with E-state index in [9.17, 15) is 9.18 Å². The average molecular weight is 346 g/mol. The summed E-state index contributed by atoms with van der Waals surface area (Å²) in [6.45, 7) is 2.22. The third kappa shape index (κ3) is 3.22. The average Bonchev–Trinajstić information content (AvgIpc) is 2.34. The number of aryl methyl sites for hydroxylation is 1. The van der Waals surface area contributed by atoms with Crippen molar-refractivity contribution in [3.63, 3.8) is 0 Å². The third-order valence-electron chi connectivity index (χ3n) is 2.72. The van der Waals surface area contributed by atoms with E-state index in [2.05, 4.69) is 20.9 Å². The highest BCUT2D eigenvalue weighted by atomic mass is 79.9. The Morgan fingerprint density at radius 1 is 1.42 bits per heavy atom. The first kappa shape index (κ1) is 14.2. The molecular weight excluding hydrogens is 335 g/mol. The van der Waals surface area contributed by atoms with Crippen LogP contribution in [0.1, 0.15) is 18.3 Å². The smallest absolute Gasteiger partial charge is 0.255 e. The number of benzene rings is 1. The summed E-state index contributed by atoms with van der Waals surface area (Å²) in [6, 6.07) is 5.65. The lowest BCUT2D eigenvalue weighted by atomic mass is 10.2. The van der Waals surface area contributed by atoms with E-state index in [1.54, 1.807) is 6.07 Å². The molecule has 0 radical (unpaired) electrons. The van der Waals surface area contributed by atoms with Crippen molar-refractivity contribution in [3.05, 3.63) is 61.5 Å². The summed E-state index contributed by atoms with van der Waals surface area (Å²) in [5.41, 5.74) is 0.593. The molecule has 100 valence electrons. The molecule has 0 aliphatic heterocycles. The fourth-order valence-electron chi connectivity index (χ4n) is 1.78. The molecule has 1 aromatic carbocycles. The van der Waals surface area contributed by atoms with Gasteiger partial charge in [0.05, 0.1) is 6.54 Å². The Kier molecular flexibility index (Phi) is 4.37. The minimum Gasteiger partial charge on any atom is -0.292 e. The molecule has 0 amide bonds. The van der Waals surface area contributed by atoms with E-state index in [4.69, 9.17) is 11.6 Å². The van der Waals surface area contributed by atoms with E-state index < -0.39 is 0 Å². The van der Waals surface area contributed by atoms with Crippen LogP contribution in [0.15, 0.2) is 33.5 Å². The Morgan fingerprint density at radius 3 is 2.79 bits per heavy atom. The van der Waals surface area contributed by atoms with Crippen LogP contribution >= 0.6 is 27.5 Å². The summed E-state index contributed by atoms with van der Waals surface area (Å²) in [5, 5.41) is 0.191. The third-order valence-corrected chi connectivity index (χ3v) is 3.65. The lowest BCUT2D eigenvalue weighted by molar-refractivity contribution is 0.623. The van der Waals surface area contributed by atoms with Gasteiger partial charge in [-0.15, -0.1) is 0 Å². The van der Waals surface area contributed by atoms with Gasteiger partial charge in [0, 0.05) is 17.0 Å². The number of hydrogen-bond acceptors (Lipinski definition) is 2. The first-order valence-corrected chi connectivity index (χ1v) is 6.88. The van der Waals surface area contributed by atoms with Crippen molar-refractivity contribution < 1.29 is 4.39 Å². The van der Waals surface area contributed by atoms with Gasteiger partial charge in [0.1, 0.15) is 16.8 Å². The number of aromatic nitrogens is 2. The van der Waals surface area contributed by atoms with Crippen LogP contribution in [0.4, 0.5) is 4.39 Å². The SMILES string of the molecule is CCc1nc(Cl)cc(=O)n1Cc1ccc(F)cc1Br. The maximum absolute atomic E-state index is 13.0. The first-order valence-electron chi connectivity index (χ1n) is 5.71. The van der Waals surface area contributed by atoms with Gasteiger partial charge in [0.15, 0.2) is 0 Å². The molecule has 3 nitrogen and oxygen atoms in total. The van der Waals surface area contributed by atoms with Crippen molar-refractivity contribution in [1.29, 1.82) is 0 Å². The monoisotopic (exact) mass is 344 g/mol. The van der Waals surface area contributed by atoms with Crippen LogP contribution in [0.3, 0.4) is 0 Å². The predicted molar refractivity (Wildman–Crippen MR) is 76.1 cm³/mol. The van der Waals surface area contributed by atoms with Gasteiger partial charge in [0.2, 0.25) is 0 Å². The lowest BCUT2D eigenvalue weighted by Crippen LogP contribution is -2.25. The number of halogens is 3. The summed E-state index contributed by atoms with van der Waals surface area (Å²) in [5.74, 6) is 0.279. The van der Waals surface area contributed by atoms with Crippen LogP contribution in [-0.4, -0.2) is 9.55 Å². The zero-order valence-corrected chi connectivity index (χ0v) is 12.5. The standard InChI is InChI=1S/C13H11BrClFN2O/c1-2-12-17-11(15)6-13(19)18(12)7-8-3-4-9(16)5-10(8)14/h3-6H,2,7H2,1H3. The largest absolute Gasteiger partial charge is 0.292 e. The second-order valence-corrected chi connectivity index (χ2v) is 5.25. The molecule has 2 aromatic rings. The zero-order valence-electron chi connectivity index (χ0n) is 10.2. The maximum atomic E-state index is 13.0. The van der Waals surface area contributed by atoms with Gasteiger partial charge in [-0.3, -0.25) is 9.36 Å². The molecule has 2 rings (SSSR count). The molecule has 0 unspecified atom stereocenters. The van der Waals surface area contributed by atoms with Crippen LogP contribution in [0.2, 0.25) is 5.15 Å². The second-order valence-electron chi connectivity index (χ2n) is 4.01. The first-order chi connectivity index (χ1) is 9.01. The van der Waals surface area contributed by atoms with E-state index >= 15 is 0 Å². The molecule has 6 heteroatoms. The minimum absolute atomic E-state index is 0.191. The molecule has 1 aromatic heterocycles. The Balaban J connectivity index is 2.46. The quantitative estimate of drug-likeness (QED) is 0.799. The Morgan fingerprint density at radius 2 is 2.16 bits per heavy atom. The van der Waals surface area contributed by atoms with Gasteiger partial charge in [-0.25, -0.2) is 9.37 Å². The van der Waals surface area contributed by atoms with E-state index in [-0.39, 0.29) is 16.5 Å². The molecule has 0 aliphatic rings. The fraction of sp³-hybridized carbons (Fsp3) is 0.231. The molecule has 0 spiro atoms. The van der Waals surface area contributed by atoms with E-state index in [1.165, 1.54) is 22.8 Å². The fourth-order valence-corrected chi connectivity index (χ4v) is 2.45. The van der Waals surface area contributed by atoms with Crippen LogP contribution in [-0.2, 0) is 13.0 Å². The normalized spacial score (nSPS) is 10.7. The molecule has 0 atom stereocenters. The van der Waals surface area contributed by atoms with Gasteiger partial charge in [0.25, 0.3) is 5.56 Å². The molecule has 0 saturated carbocycles. The van der Waals surface area contributed by atoms with E-state index in [0.717, 1.165) is 5.56 Å². The number of rotatable bonds is 3.